The second-order valence-corrected chi connectivity index (χ2v) is 9.59. The van der Waals surface area contributed by atoms with Gasteiger partial charge in [0.15, 0.2) is 0 Å². The quantitative estimate of drug-likeness (QED) is 0.152. The lowest BCUT2D eigenvalue weighted by atomic mass is 9.69. The lowest BCUT2D eigenvalue weighted by Crippen LogP contribution is -2.25. The molecule has 0 saturated carbocycles. The smallest absolute Gasteiger partial charge is 0.261 e. The molecular formula is C28H31NO5S. The van der Waals surface area contributed by atoms with Crippen molar-refractivity contribution in [3.63, 3.8) is 0 Å². The molecule has 1 N–H and O–H groups in total. The Labute approximate surface area is 211 Å². The van der Waals surface area contributed by atoms with Crippen molar-refractivity contribution in [2.45, 2.75) is 37.5 Å². The van der Waals surface area contributed by atoms with Crippen LogP contribution in [0.5, 0.6) is 11.5 Å². The van der Waals surface area contributed by atoms with Crippen LogP contribution in [0.25, 0.3) is 0 Å². The van der Waals surface area contributed by atoms with E-state index in [9.17, 15) is 0 Å². The summed E-state index contributed by atoms with van der Waals surface area (Å²) in [6, 6.07) is 25.6. The number of hydrogen-bond acceptors (Lipinski definition) is 7. The Morgan fingerprint density at radius 2 is 1.66 bits per heavy atom. The van der Waals surface area contributed by atoms with Gasteiger partial charge in [0.25, 0.3) is 12.3 Å². The van der Waals surface area contributed by atoms with Crippen molar-refractivity contribution in [2.24, 2.45) is 0 Å². The molecule has 7 heteroatoms. The van der Waals surface area contributed by atoms with E-state index >= 15 is 0 Å². The highest BCUT2D eigenvalue weighted by Crippen LogP contribution is 2.47. The fourth-order valence-corrected chi connectivity index (χ4v) is 5.69. The van der Waals surface area contributed by atoms with Gasteiger partial charge in [-0.05, 0) is 91.2 Å². The zero-order chi connectivity index (χ0) is 23.9. The Morgan fingerprint density at radius 1 is 0.886 bits per heavy atom. The van der Waals surface area contributed by atoms with Crippen LogP contribution in [0.3, 0.4) is 0 Å². The maximum Gasteiger partial charge on any atom is 0.261 e. The molecule has 3 aromatic rings. The minimum Gasteiger partial charge on any atom is -0.492 e. The van der Waals surface area contributed by atoms with Crippen LogP contribution in [0.2, 0.25) is 0 Å². The largest absolute Gasteiger partial charge is 0.492 e. The molecule has 0 aromatic heterocycles. The molecule has 1 fully saturated rings. The van der Waals surface area contributed by atoms with Gasteiger partial charge in [-0.15, -0.1) is 0 Å². The minimum absolute atomic E-state index is 0.235. The van der Waals surface area contributed by atoms with Crippen molar-refractivity contribution in [2.75, 3.05) is 26.2 Å². The lowest BCUT2D eigenvalue weighted by Gasteiger charge is -2.35. The number of rotatable bonds is 10. The first-order chi connectivity index (χ1) is 17.3. The Morgan fingerprint density at radius 3 is 2.43 bits per heavy atom. The summed E-state index contributed by atoms with van der Waals surface area (Å²) in [5.74, 6) is 2.20. The zero-order valence-corrected chi connectivity index (χ0v) is 20.5. The first-order valence-electron chi connectivity index (χ1n) is 12.3. The minimum atomic E-state index is 0.235. The fraction of sp³-hybridized carbons (Fsp3) is 0.357. The van der Waals surface area contributed by atoms with E-state index in [2.05, 4.69) is 74.9 Å². The van der Waals surface area contributed by atoms with Gasteiger partial charge in [0, 0.05) is 12.5 Å². The third-order valence-electron chi connectivity index (χ3n) is 7.11. The standard InChI is InChI=1S/C28H31NO5S/c30-33-34-35-32-25-13-15-27-23(20-25)10-14-26(21-6-2-1-3-7-21)28(27)22-8-11-24(12-9-22)31-19-18-29-16-4-5-17-29/h1-3,6-9,11-13,15,20,26,28,30H,4-5,10,14,16-19H2/t26-,28+/m1/s1. The van der Waals surface area contributed by atoms with E-state index in [4.69, 9.17) is 14.2 Å². The molecule has 0 radical (unpaired) electrons. The van der Waals surface area contributed by atoms with Crippen LogP contribution in [-0.2, 0) is 15.8 Å². The molecular weight excluding hydrogens is 462 g/mol. The fourth-order valence-electron chi connectivity index (χ4n) is 5.46. The molecule has 0 spiro atoms. The molecule has 1 heterocycles. The van der Waals surface area contributed by atoms with Gasteiger partial charge in [0.1, 0.15) is 18.1 Å². The van der Waals surface area contributed by atoms with E-state index in [0.29, 0.717) is 24.0 Å². The van der Waals surface area contributed by atoms with Crippen molar-refractivity contribution in [3.8, 4) is 11.5 Å². The second-order valence-electron chi connectivity index (χ2n) is 9.15. The monoisotopic (exact) mass is 493 g/mol. The molecule has 3 aromatic carbocycles. The summed E-state index contributed by atoms with van der Waals surface area (Å²) in [6.07, 6.45) is 4.61. The molecule has 1 saturated heterocycles. The summed E-state index contributed by atoms with van der Waals surface area (Å²) in [4.78, 5) is 2.47. The van der Waals surface area contributed by atoms with Gasteiger partial charge in [-0.1, -0.05) is 57.9 Å². The van der Waals surface area contributed by atoms with Gasteiger partial charge in [-0.2, -0.15) is 0 Å². The van der Waals surface area contributed by atoms with Gasteiger partial charge in [0.05, 0.1) is 0 Å². The molecule has 35 heavy (non-hydrogen) atoms. The number of ether oxygens (including phenoxy) is 1. The molecule has 6 nitrogen and oxygen atoms in total. The highest BCUT2D eigenvalue weighted by molar-refractivity contribution is 7.90. The average molecular weight is 494 g/mol. The summed E-state index contributed by atoms with van der Waals surface area (Å²) in [6.45, 7) is 4.10. The number of hydrogen-bond donors (Lipinski definition) is 1. The van der Waals surface area contributed by atoms with Crippen LogP contribution in [-0.4, -0.2) is 36.4 Å². The molecule has 5 rings (SSSR count). The van der Waals surface area contributed by atoms with Crippen LogP contribution in [0, 0.1) is 0 Å². The number of nitrogens with zero attached hydrogens (tertiary/aromatic N) is 1. The van der Waals surface area contributed by atoms with E-state index in [-0.39, 0.29) is 5.92 Å². The molecule has 0 bridgehead atoms. The van der Waals surface area contributed by atoms with Crippen LogP contribution in [0.15, 0.2) is 72.8 Å². The van der Waals surface area contributed by atoms with Crippen LogP contribution in [0.1, 0.15) is 53.4 Å². The van der Waals surface area contributed by atoms with Crippen molar-refractivity contribution in [1.29, 1.82) is 0 Å². The number of likely N-dealkylation sites (tertiary alicyclic amines) is 1. The third-order valence-corrected chi connectivity index (χ3v) is 7.48. The Balaban J connectivity index is 1.36. The van der Waals surface area contributed by atoms with Crippen molar-refractivity contribution in [3.05, 3.63) is 95.1 Å². The Hall–Kier alpha value is -2.55. The topological polar surface area (TPSA) is 60.4 Å². The summed E-state index contributed by atoms with van der Waals surface area (Å²) in [7, 11) is 0. The van der Waals surface area contributed by atoms with Crippen LogP contribution in [0.4, 0.5) is 0 Å². The summed E-state index contributed by atoms with van der Waals surface area (Å²) < 4.78 is 15.8. The molecule has 1 aliphatic heterocycles. The van der Waals surface area contributed by atoms with E-state index in [1.165, 1.54) is 48.2 Å². The molecule has 2 aliphatic rings. The van der Waals surface area contributed by atoms with Crippen molar-refractivity contribution >= 4 is 12.3 Å². The highest BCUT2D eigenvalue weighted by Gasteiger charge is 2.32. The average Bonchev–Trinajstić information content (AvgIpc) is 3.43. The molecule has 184 valence electrons. The maximum atomic E-state index is 8.32. The predicted molar refractivity (Wildman–Crippen MR) is 136 cm³/mol. The number of aryl methyl sites for hydroxylation is 1. The Bertz CT molecular complexity index is 1070. The highest BCUT2D eigenvalue weighted by atomic mass is 32.2. The van der Waals surface area contributed by atoms with Crippen LogP contribution >= 0.6 is 12.3 Å². The van der Waals surface area contributed by atoms with Gasteiger partial charge in [-0.3, -0.25) is 4.90 Å². The third kappa shape index (κ3) is 6.00. The van der Waals surface area contributed by atoms with Gasteiger partial charge in [0.2, 0.25) is 0 Å². The molecule has 0 amide bonds. The van der Waals surface area contributed by atoms with Gasteiger partial charge in [-0.25, -0.2) is 5.26 Å². The van der Waals surface area contributed by atoms with E-state index in [0.717, 1.165) is 31.7 Å². The van der Waals surface area contributed by atoms with Crippen molar-refractivity contribution < 1.29 is 23.5 Å². The molecule has 2 atom stereocenters. The molecule has 1 aliphatic carbocycles. The van der Waals surface area contributed by atoms with Crippen LogP contribution < -0.4 is 8.92 Å². The normalized spacial score (nSPS) is 19.9. The van der Waals surface area contributed by atoms with E-state index in [1.54, 1.807) is 0 Å². The maximum absolute atomic E-state index is 8.32. The number of benzene rings is 3. The summed E-state index contributed by atoms with van der Waals surface area (Å²) >= 11 is 0.578. The van der Waals surface area contributed by atoms with Gasteiger partial charge < -0.3 is 8.92 Å². The Kier molecular flexibility index (Phi) is 8.23. The predicted octanol–water partition coefficient (Wildman–Crippen LogP) is 6.39. The SMILES string of the molecule is OOOSOc1ccc2c(c1)CC[C@H](c1ccccc1)[C@@H]2c1ccc(OCCN2CCCC2)cc1. The summed E-state index contributed by atoms with van der Waals surface area (Å²) in [5, 5.41) is 11.9. The van der Waals surface area contributed by atoms with Gasteiger partial charge >= 0.3 is 0 Å². The second kappa shape index (κ2) is 11.9. The van der Waals surface area contributed by atoms with Crippen molar-refractivity contribution in [1.82, 2.24) is 4.90 Å². The number of fused-ring (bicyclic) bond motifs is 1. The zero-order valence-electron chi connectivity index (χ0n) is 19.7. The van der Waals surface area contributed by atoms with E-state index in [1.807, 2.05) is 12.1 Å². The van der Waals surface area contributed by atoms with E-state index < -0.39 is 0 Å². The molecule has 0 unspecified atom stereocenters. The first-order valence-corrected chi connectivity index (χ1v) is 12.9. The summed E-state index contributed by atoms with van der Waals surface area (Å²) in [5.41, 5.74) is 5.21. The first kappa shape index (κ1) is 24.2. The lowest BCUT2D eigenvalue weighted by molar-refractivity contribution is -0.433.